The molecule has 100 valence electrons. The zero-order valence-corrected chi connectivity index (χ0v) is 10.5. The fraction of sp³-hybridized carbons (Fsp3) is 0.250. The SMILES string of the molecule is O=C(O)CSC1CC(=O)N(c2cccc(F)c2)C1=O. The van der Waals surface area contributed by atoms with Crippen molar-refractivity contribution in [1.82, 2.24) is 0 Å². The molecule has 0 bridgehead atoms. The summed E-state index contributed by atoms with van der Waals surface area (Å²) in [4.78, 5) is 35.1. The summed E-state index contributed by atoms with van der Waals surface area (Å²) in [7, 11) is 0. The Bertz CT molecular complexity index is 548. The van der Waals surface area contributed by atoms with Crippen LogP contribution >= 0.6 is 11.8 Å². The van der Waals surface area contributed by atoms with Gasteiger partial charge < -0.3 is 5.11 Å². The molecule has 1 N–H and O–H groups in total. The van der Waals surface area contributed by atoms with Crippen molar-refractivity contribution < 1.29 is 23.9 Å². The Kier molecular flexibility index (Phi) is 3.84. The minimum absolute atomic E-state index is 0.0622. The van der Waals surface area contributed by atoms with Gasteiger partial charge in [0.25, 0.3) is 0 Å². The number of carbonyl (C=O) groups excluding carboxylic acids is 2. The van der Waals surface area contributed by atoms with Crippen molar-refractivity contribution in [2.45, 2.75) is 11.7 Å². The maximum Gasteiger partial charge on any atom is 0.313 e. The van der Waals surface area contributed by atoms with E-state index >= 15 is 0 Å². The molecule has 5 nitrogen and oxygen atoms in total. The van der Waals surface area contributed by atoms with Gasteiger partial charge in [-0.3, -0.25) is 14.4 Å². The van der Waals surface area contributed by atoms with Crippen molar-refractivity contribution in [1.29, 1.82) is 0 Å². The van der Waals surface area contributed by atoms with Crippen molar-refractivity contribution in [3.8, 4) is 0 Å². The summed E-state index contributed by atoms with van der Waals surface area (Å²) in [6.07, 6.45) is -0.0622. The molecule has 1 atom stereocenters. The van der Waals surface area contributed by atoms with E-state index in [2.05, 4.69) is 0 Å². The number of carbonyl (C=O) groups is 3. The van der Waals surface area contributed by atoms with Crippen LogP contribution in [-0.4, -0.2) is 33.9 Å². The third-order valence-corrected chi connectivity index (χ3v) is 3.76. The van der Waals surface area contributed by atoms with E-state index in [1.165, 1.54) is 18.2 Å². The van der Waals surface area contributed by atoms with Crippen molar-refractivity contribution in [3.05, 3.63) is 30.1 Å². The molecule has 19 heavy (non-hydrogen) atoms. The standard InChI is InChI=1S/C12H10FNO4S/c13-7-2-1-3-8(4-7)14-10(15)5-9(12(14)18)19-6-11(16)17/h1-4,9H,5-6H2,(H,16,17). The summed E-state index contributed by atoms with van der Waals surface area (Å²) in [6.45, 7) is 0. The predicted molar refractivity (Wildman–Crippen MR) is 67.4 cm³/mol. The van der Waals surface area contributed by atoms with Gasteiger partial charge >= 0.3 is 5.97 Å². The Hall–Kier alpha value is -1.89. The van der Waals surface area contributed by atoms with Gasteiger partial charge in [0.1, 0.15) is 5.82 Å². The molecule has 0 saturated carbocycles. The molecule has 7 heteroatoms. The Labute approximate surface area is 112 Å². The van der Waals surface area contributed by atoms with E-state index in [0.717, 1.165) is 22.7 Å². The van der Waals surface area contributed by atoms with Crippen molar-refractivity contribution >= 4 is 35.2 Å². The second kappa shape index (κ2) is 5.40. The van der Waals surface area contributed by atoms with Crippen LogP contribution < -0.4 is 4.90 Å². The Morgan fingerprint density at radius 2 is 2.21 bits per heavy atom. The van der Waals surface area contributed by atoms with E-state index in [0.29, 0.717) is 0 Å². The number of hydrogen-bond acceptors (Lipinski definition) is 4. The molecule has 0 spiro atoms. The average Bonchev–Trinajstić information content (AvgIpc) is 2.62. The van der Waals surface area contributed by atoms with Crippen LogP contribution in [0.2, 0.25) is 0 Å². The van der Waals surface area contributed by atoms with E-state index < -0.39 is 28.9 Å². The van der Waals surface area contributed by atoms with Gasteiger partial charge in [-0.25, -0.2) is 9.29 Å². The van der Waals surface area contributed by atoms with Crippen molar-refractivity contribution in [2.75, 3.05) is 10.7 Å². The summed E-state index contributed by atoms with van der Waals surface area (Å²) < 4.78 is 13.1. The van der Waals surface area contributed by atoms with E-state index in [1.807, 2.05) is 0 Å². The summed E-state index contributed by atoms with van der Waals surface area (Å²) in [6, 6.07) is 5.18. The molecule has 0 aliphatic carbocycles. The Balaban J connectivity index is 2.17. The summed E-state index contributed by atoms with van der Waals surface area (Å²) in [5, 5.41) is 7.85. The highest BCUT2D eigenvalue weighted by Crippen LogP contribution is 2.29. The number of carboxylic acid groups (broad SMARTS) is 1. The largest absolute Gasteiger partial charge is 0.481 e. The average molecular weight is 283 g/mol. The number of nitrogens with zero attached hydrogens (tertiary/aromatic N) is 1. The zero-order chi connectivity index (χ0) is 14.0. The third-order valence-electron chi connectivity index (χ3n) is 2.58. The normalized spacial score (nSPS) is 19.0. The van der Waals surface area contributed by atoms with Gasteiger partial charge in [-0.15, -0.1) is 11.8 Å². The van der Waals surface area contributed by atoms with E-state index in [9.17, 15) is 18.8 Å². The van der Waals surface area contributed by atoms with Gasteiger partial charge in [-0.1, -0.05) is 6.07 Å². The van der Waals surface area contributed by atoms with E-state index in [-0.39, 0.29) is 17.9 Å². The summed E-state index contributed by atoms with van der Waals surface area (Å²) >= 11 is 0.901. The minimum Gasteiger partial charge on any atom is -0.481 e. The number of amides is 2. The van der Waals surface area contributed by atoms with Crippen LogP contribution in [0.3, 0.4) is 0 Å². The fourth-order valence-corrected chi connectivity index (χ4v) is 2.64. The van der Waals surface area contributed by atoms with E-state index in [1.54, 1.807) is 0 Å². The number of aliphatic carboxylic acids is 1. The molecule has 1 fully saturated rings. The van der Waals surface area contributed by atoms with Crippen LogP contribution in [0.5, 0.6) is 0 Å². The number of rotatable bonds is 4. The number of thioether (sulfide) groups is 1. The lowest BCUT2D eigenvalue weighted by Crippen LogP contribution is -2.31. The predicted octanol–water partition coefficient (Wildman–Crippen LogP) is 1.28. The minimum atomic E-state index is -1.05. The molecule has 0 radical (unpaired) electrons. The highest BCUT2D eigenvalue weighted by molar-refractivity contribution is 8.01. The maximum absolute atomic E-state index is 13.1. The summed E-state index contributed by atoms with van der Waals surface area (Å²) in [5.41, 5.74) is 0.174. The smallest absolute Gasteiger partial charge is 0.313 e. The number of imide groups is 1. The lowest BCUT2D eigenvalue weighted by Gasteiger charge is -2.14. The van der Waals surface area contributed by atoms with Crippen LogP contribution in [0.4, 0.5) is 10.1 Å². The number of benzene rings is 1. The highest BCUT2D eigenvalue weighted by atomic mass is 32.2. The molecule has 0 aromatic heterocycles. The van der Waals surface area contributed by atoms with Crippen LogP contribution in [0.1, 0.15) is 6.42 Å². The van der Waals surface area contributed by atoms with Crippen molar-refractivity contribution in [2.24, 2.45) is 0 Å². The first kappa shape index (κ1) is 13.5. The number of carboxylic acids is 1. The van der Waals surface area contributed by atoms with Gasteiger partial charge in [0, 0.05) is 6.42 Å². The fourth-order valence-electron chi connectivity index (χ4n) is 1.79. The Morgan fingerprint density at radius 3 is 2.84 bits per heavy atom. The van der Waals surface area contributed by atoms with Crippen molar-refractivity contribution in [3.63, 3.8) is 0 Å². The van der Waals surface area contributed by atoms with Crippen LogP contribution in [0.15, 0.2) is 24.3 Å². The first-order chi connectivity index (χ1) is 8.99. The molecule has 1 aromatic carbocycles. The van der Waals surface area contributed by atoms with Crippen LogP contribution in [-0.2, 0) is 14.4 Å². The molecular weight excluding hydrogens is 273 g/mol. The van der Waals surface area contributed by atoms with Gasteiger partial charge in [0.05, 0.1) is 16.7 Å². The molecule has 1 aromatic rings. The quantitative estimate of drug-likeness (QED) is 0.842. The van der Waals surface area contributed by atoms with Gasteiger partial charge in [-0.05, 0) is 18.2 Å². The molecule has 1 unspecified atom stereocenters. The van der Waals surface area contributed by atoms with Gasteiger partial charge in [-0.2, -0.15) is 0 Å². The molecular formula is C12H10FNO4S. The van der Waals surface area contributed by atoms with Crippen LogP contribution in [0.25, 0.3) is 0 Å². The first-order valence-corrected chi connectivity index (χ1v) is 6.49. The topological polar surface area (TPSA) is 74.7 Å². The third kappa shape index (κ3) is 2.93. The maximum atomic E-state index is 13.1. The lowest BCUT2D eigenvalue weighted by molar-refractivity contribution is -0.134. The first-order valence-electron chi connectivity index (χ1n) is 5.45. The van der Waals surface area contributed by atoms with Gasteiger partial charge in [0.2, 0.25) is 11.8 Å². The zero-order valence-electron chi connectivity index (χ0n) is 9.71. The monoisotopic (exact) mass is 283 g/mol. The lowest BCUT2D eigenvalue weighted by atomic mass is 10.3. The van der Waals surface area contributed by atoms with Crippen LogP contribution in [0, 0.1) is 5.82 Å². The summed E-state index contributed by atoms with van der Waals surface area (Å²) in [5.74, 6) is -2.78. The highest BCUT2D eigenvalue weighted by Gasteiger charge is 2.40. The molecule has 1 aliphatic heterocycles. The second-order valence-corrected chi connectivity index (χ2v) is 5.14. The molecule has 1 heterocycles. The Morgan fingerprint density at radius 1 is 1.47 bits per heavy atom. The molecule has 1 aliphatic rings. The number of halogens is 1. The van der Waals surface area contributed by atoms with Gasteiger partial charge in [0.15, 0.2) is 0 Å². The number of anilines is 1. The number of hydrogen-bond donors (Lipinski definition) is 1. The molecule has 1 saturated heterocycles. The van der Waals surface area contributed by atoms with E-state index in [4.69, 9.17) is 5.11 Å². The molecule has 2 amide bonds. The molecule has 2 rings (SSSR count). The second-order valence-electron chi connectivity index (χ2n) is 3.94.